The highest BCUT2D eigenvalue weighted by Gasteiger charge is 2.66. The predicted molar refractivity (Wildman–Crippen MR) is 64.3 cm³/mol. The third-order valence-electron chi connectivity index (χ3n) is 2.80. The van der Waals surface area contributed by atoms with Crippen LogP contribution in [0.25, 0.3) is 10.8 Å². The van der Waals surface area contributed by atoms with Gasteiger partial charge in [-0.2, -0.15) is 26.0 Å². The Labute approximate surface area is 111 Å². The van der Waals surface area contributed by atoms with Gasteiger partial charge in [0.1, 0.15) is 0 Å². The van der Waals surface area contributed by atoms with Crippen LogP contribution in [0, 0.1) is 0 Å². The molecule has 0 aliphatic carbocycles. The van der Waals surface area contributed by atoms with Gasteiger partial charge in [0.15, 0.2) is 0 Å². The third-order valence-corrected chi connectivity index (χ3v) is 3.71. The maximum Gasteiger partial charge on any atom is 0.436 e. The van der Waals surface area contributed by atoms with Crippen molar-refractivity contribution >= 4 is 20.9 Å². The summed E-state index contributed by atoms with van der Waals surface area (Å²) >= 11 is 0. The van der Waals surface area contributed by atoms with Crippen LogP contribution < -0.4 is 0 Å². The molecule has 0 heterocycles. The average molecular weight is 308 g/mol. The fraction of sp³-hybridized carbons (Fsp3) is 0.167. The van der Waals surface area contributed by atoms with Gasteiger partial charge >= 0.3 is 21.3 Å². The number of benzene rings is 2. The molecule has 1 N–H and O–H groups in total. The number of alkyl halides is 4. The highest BCUT2D eigenvalue weighted by atomic mass is 32.2. The lowest BCUT2D eigenvalue weighted by Crippen LogP contribution is -2.44. The summed E-state index contributed by atoms with van der Waals surface area (Å²) in [6, 6.07) is 8.77. The quantitative estimate of drug-likeness (QED) is 0.698. The first kappa shape index (κ1) is 14.7. The molecule has 0 atom stereocenters. The first-order valence-electron chi connectivity index (χ1n) is 5.29. The zero-order chi connectivity index (χ0) is 15.2. The normalized spacial score (nSPS) is 13.7. The second kappa shape index (κ2) is 4.42. The van der Waals surface area contributed by atoms with Crippen LogP contribution in [0.4, 0.5) is 17.6 Å². The molecule has 0 aromatic heterocycles. The van der Waals surface area contributed by atoms with Crippen LogP contribution in [0.15, 0.2) is 42.5 Å². The summed E-state index contributed by atoms with van der Waals surface area (Å²) < 4.78 is 83.0. The summed E-state index contributed by atoms with van der Waals surface area (Å²) in [6.07, 6.45) is 0. The van der Waals surface area contributed by atoms with Gasteiger partial charge in [-0.1, -0.05) is 36.4 Å². The largest absolute Gasteiger partial charge is 0.436 e. The van der Waals surface area contributed by atoms with E-state index in [0.717, 1.165) is 6.07 Å². The van der Waals surface area contributed by atoms with Crippen molar-refractivity contribution in [1.29, 1.82) is 0 Å². The predicted octanol–water partition coefficient (Wildman–Crippen LogP) is 3.41. The Hall–Kier alpha value is -1.67. The van der Waals surface area contributed by atoms with Gasteiger partial charge < -0.3 is 0 Å². The molecule has 20 heavy (non-hydrogen) atoms. The zero-order valence-corrected chi connectivity index (χ0v) is 10.5. The molecule has 0 aliphatic rings. The first-order chi connectivity index (χ1) is 9.07. The molecule has 2 rings (SSSR count). The maximum absolute atomic E-state index is 13.7. The van der Waals surface area contributed by atoms with Crippen molar-refractivity contribution in [1.82, 2.24) is 0 Å². The van der Waals surface area contributed by atoms with Crippen LogP contribution in [-0.2, 0) is 16.0 Å². The van der Waals surface area contributed by atoms with Crippen molar-refractivity contribution < 1.29 is 30.5 Å². The topological polar surface area (TPSA) is 54.4 Å². The number of halogens is 4. The monoisotopic (exact) mass is 308 g/mol. The molecule has 2 aromatic rings. The number of fused-ring (bicyclic) bond motifs is 1. The molecule has 0 aliphatic heterocycles. The van der Waals surface area contributed by atoms with E-state index < -0.39 is 26.9 Å². The molecule has 0 radical (unpaired) electrons. The third kappa shape index (κ3) is 2.14. The van der Waals surface area contributed by atoms with Gasteiger partial charge in [-0.05, 0) is 16.8 Å². The Morgan fingerprint density at radius 2 is 1.45 bits per heavy atom. The molecule has 0 unspecified atom stereocenters. The molecule has 3 nitrogen and oxygen atoms in total. The van der Waals surface area contributed by atoms with E-state index >= 15 is 0 Å². The first-order valence-corrected chi connectivity index (χ1v) is 6.73. The molecule has 108 valence electrons. The lowest BCUT2D eigenvalue weighted by atomic mass is 10.0. The van der Waals surface area contributed by atoms with E-state index in [1.165, 1.54) is 18.2 Å². The van der Waals surface area contributed by atoms with Crippen LogP contribution in [0.2, 0.25) is 0 Å². The number of rotatable bonds is 3. The van der Waals surface area contributed by atoms with Gasteiger partial charge in [-0.15, -0.1) is 0 Å². The minimum absolute atomic E-state index is 0.246. The van der Waals surface area contributed by atoms with Crippen molar-refractivity contribution in [3.63, 3.8) is 0 Å². The summed E-state index contributed by atoms with van der Waals surface area (Å²) in [7, 11) is -6.24. The lowest BCUT2D eigenvalue weighted by Gasteiger charge is -2.24. The van der Waals surface area contributed by atoms with Gasteiger partial charge in [0.25, 0.3) is 0 Å². The molecule has 0 fully saturated rings. The van der Waals surface area contributed by atoms with Gasteiger partial charge in [-0.3, -0.25) is 4.55 Å². The number of hydrogen-bond acceptors (Lipinski definition) is 2. The van der Waals surface area contributed by atoms with E-state index in [1.54, 1.807) is 12.1 Å². The van der Waals surface area contributed by atoms with E-state index in [-0.39, 0.29) is 5.39 Å². The minimum atomic E-state index is -6.24. The summed E-state index contributed by atoms with van der Waals surface area (Å²) in [6.45, 7) is 0. The second-order valence-electron chi connectivity index (χ2n) is 4.13. The van der Waals surface area contributed by atoms with E-state index in [4.69, 9.17) is 4.55 Å². The molecular weight excluding hydrogens is 300 g/mol. The zero-order valence-electron chi connectivity index (χ0n) is 9.73. The van der Waals surface area contributed by atoms with Crippen LogP contribution in [-0.4, -0.2) is 18.2 Å². The highest BCUT2D eigenvalue weighted by Crippen LogP contribution is 2.46. The van der Waals surface area contributed by atoms with Crippen LogP contribution in [0.1, 0.15) is 5.56 Å². The molecule has 2 aromatic carbocycles. The number of hydrogen-bond donors (Lipinski definition) is 1. The van der Waals surface area contributed by atoms with E-state index in [0.29, 0.717) is 11.5 Å². The van der Waals surface area contributed by atoms with Crippen LogP contribution in [0.3, 0.4) is 0 Å². The van der Waals surface area contributed by atoms with Crippen LogP contribution >= 0.6 is 0 Å². The van der Waals surface area contributed by atoms with E-state index in [1.807, 2.05) is 0 Å². The van der Waals surface area contributed by atoms with Crippen molar-refractivity contribution in [2.24, 2.45) is 0 Å². The summed E-state index contributed by atoms with van der Waals surface area (Å²) in [5.41, 5.74) is -1.20. The molecule has 8 heteroatoms. The fourth-order valence-corrected chi connectivity index (χ4v) is 2.16. The standard InChI is InChI=1S/C12H8F4O3S/c13-11(14,12(15,16)20(17,18)19)10-6-5-8-3-1-2-4-9(8)7-10/h1-7H,(H,17,18,19). The molecular formula is C12H8F4O3S. The molecule has 0 bridgehead atoms. The smallest absolute Gasteiger partial charge is 0.281 e. The Morgan fingerprint density at radius 1 is 0.900 bits per heavy atom. The Balaban J connectivity index is 2.62. The van der Waals surface area contributed by atoms with Gasteiger partial charge in [-0.25, -0.2) is 0 Å². The van der Waals surface area contributed by atoms with Crippen molar-refractivity contribution in [2.75, 3.05) is 0 Å². The van der Waals surface area contributed by atoms with Crippen molar-refractivity contribution in [2.45, 2.75) is 11.2 Å². The molecule has 0 saturated carbocycles. The Bertz CT molecular complexity index is 756. The van der Waals surface area contributed by atoms with Gasteiger partial charge in [0.2, 0.25) is 0 Å². The minimum Gasteiger partial charge on any atom is -0.281 e. The Morgan fingerprint density at radius 3 is 2.00 bits per heavy atom. The highest BCUT2D eigenvalue weighted by molar-refractivity contribution is 7.86. The fourth-order valence-electron chi connectivity index (χ4n) is 1.71. The maximum atomic E-state index is 13.7. The average Bonchev–Trinajstić information content (AvgIpc) is 2.36. The van der Waals surface area contributed by atoms with E-state index in [9.17, 15) is 26.0 Å². The summed E-state index contributed by atoms with van der Waals surface area (Å²) in [4.78, 5) is 0. The summed E-state index contributed by atoms with van der Waals surface area (Å²) in [5, 5.41) is -4.83. The molecule has 0 spiro atoms. The van der Waals surface area contributed by atoms with Gasteiger partial charge in [0, 0.05) is 5.56 Å². The van der Waals surface area contributed by atoms with Gasteiger partial charge in [0.05, 0.1) is 0 Å². The van der Waals surface area contributed by atoms with Crippen LogP contribution in [0.5, 0.6) is 0 Å². The summed E-state index contributed by atoms with van der Waals surface area (Å²) in [5.74, 6) is -5.05. The molecule has 0 saturated heterocycles. The lowest BCUT2D eigenvalue weighted by molar-refractivity contribution is -0.167. The van der Waals surface area contributed by atoms with Crippen molar-refractivity contribution in [3.8, 4) is 0 Å². The second-order valence-corrected chi connectivity index (χ2v) is 5.59. The van der Waals surface area contributed by atoms with Crippen molar-refractivity contribution in [3.05, 3.63) is 48.0 Å². The molecule has 0 amide bonds. The Kier molecular flexibility index (Phi) is 3.26. The SMILES string of the molecule is O=S(=O)(O)C(F)(F)C(F)(F)c1ccc2ccccc2c1. The van der Waals surface area contributed by atoms with E-state index in [2.05, 4.69) is 0 Å².